The fourth-order valence-corrected chi connectivity index (χ4v) is 9.19. The van der Waals surface area contributed by atoms with Crippen molar-refractivity contribution in [1.82, 2.24) is 5.32 Å². The molecule has 3 atom stereocenters. The predicted octanol–water partition coefficient (Wildman–Crippen LogP) is 17.7. The molecule has 0 radical (unpaired) electrons. The molecule has 0 saturated heterocycles. The van der Waals surface area contributed by atoms with E-state index >= 15 is 0 Å². The molecule has 0 aromatic carbocycles. The highest BCUT2D eigenvalue weighted by molar-refractivity contribution is 5.77. The number of allylic oxidation sites excluding steroid dienone is 2. The van der Waals surface area contributed by atoms with E-state index < -0.39 is 18.2 Å². The van der Waals surface area contributed by atoms with Gasteiger partial charge < -0.3 is 20.3 Å². The highest BCUT2D eigenvalue weighted by atomic mass is 16.5. The van der Waals surface area contributed by atoms with Crippen LogP contribution in [0, 0.1) is 0 Å². The zero-order chi connectivity index (χ0) is 46.7. The number of aliphatic hydroxyl groups excluding tert-OH is 2. The monoisotopic (exact) mass is 904 g/mol. The van der Waals surface area contributed by atoms with Gasteiger partial charge in [-0.3, -0.25) is 9.59 Å². The first-order chi connectivity index (χ1) is 31.5. The molecule has 0 saturated carbocycles. The van der Waals surface area contributed by atoms with Crippen LogP contribution >= 0.6 is 0 Å². The topological polar surface area (TPSA) is 95.9 Å². The minimum absolute atomic E-state index is 0.0746. The van der Waals surface area contributed by atoms with E-state index in [1.807, 2.05) is 0 Å². The van der Waals surface area contributed by atoms with Crippen molar-refractivity contribution in [3.63, 3.8) is 0 Å². The number of esters is 1. The summed E-state index contributed by atoms with van der Waals surface area (Å²) in [6, 6.07) is -0.700. The number of nitrogens with one attached hydrogen (secondary N) is 1. The maximum atomic E-state index is 13.2. The maximum absolute atomic E-state index is 13.2. The SMILES string of the molecule is CCCCCCCCCCC/C=C/CCCCCC(CC(=O)NC(CO)C(O)CCCCCCCCCCCCC)OC(=O)CCCCCCCCCCCCCCCCCCCC. The summed E-state index contributed by atoms with van der Waals surface area (Å²) in [5, 5.41) is 23.8. The molecule has 0 aliphatic heterocycles. The average molecular weight is 905 g/mol. The van der Waals surface area contributed by atoms with Crippen molar-refractivity contribution in [2.45, 2.75) is 341 Å². The van der Waals surface area contributed by atoms with E-state index in [2.05, 4.69) is 38.2 Å². The Bertz CT molecular complexity index is 970. The zero-order valence-corrected chi connectivity index (χ0v) is 43.4. The largest absolute Gasteiger partial charge is 0.462 e. The Balaban J connectivity index is 4.51. The lowest BCUT2D eigenvalue weighted by molar-refractivity contribution is -0.151. The van der Waals surface area contributed by atoms with E-state index in [1.54, 1.807) is 0 Å². The number of hydrogen-bond donors (Lipinski definition) is 3. The molecular formula is C58H113NO5. The summed E-state index contributed by atoms with van der Waals surface area (Å²) in [7, 11) is 0. The van der Waals surface area contributed by atoms with E-state index in [0.717, 1.165) is 57.8 Å². The number of amides is 1. The number of ether oxygens (including phenoxy) is 1. The van der Waals surface area contributed by atoms with Gasteiger partial charge in [-0.1, -0.05) is 270 Å². The number of carbonyl (C=O) groups is 2. The van der Waals surface area contributed by atoms with E-state index in [-0.39, 0.29) is 24.9 Å². The van der Waals surface area contributed by atoms with E-state index in [0.29, 0.717) is 19.3 Å². The summed E-state index contributed by atoms with van der Waals surface area (Å²) in [6.45, 7) is 6.52. The molecule has 3 unspecified atom stereocenters. The average Bonchev–Trinajstić information content (AvgIpc) is 3.29. The van der Waals surface area contributed by atoms with Crippen LogP contribution in [0.1, 0.15) is 323 Å². The van der Waals surface area contributed by atoms with Crippen LogP contribution in [0.25, 0.3) is 0 Å². The molecule has 380 valence electrons. The fraction of sp³-hybridized carbons (Fsp3) is 0.931. The third-order valence-corrected chi connectivity index (χ3v) is 13.6. The minimum Gasteiger partial charge on any atom is -0.462 e. The predicted molar refractivity (Wildman–Crippen MR) is 278 cm³/mol. The second-order valence-corrected chi connectivity index (χ2v) is 20.1. The van der Waals surface area contributed by atoms with Gasteiger partial charge in [0.05, 0.1) is 25.2 Å². The molecule has 6 nitrogen and oxygen atoms in total. The fourth-order valence-electron chi connectivity index (χ4n) is 9.19. The molecule has 0 aliphatic rings. The van der Waals surface area contributed by atoms with Gasteiger partial charge in [-0.25, -0.2) is 0 Å². The van der Waals surface area contributed by atoms with Crippen molar-refractivity contribution in [3.05, 3.63) is 12.2 Å². The first-order valence-electron chi connectivity index (χ1n) is 28.9. The molecule has 0 aromatic rings. The van der Waals surface area contributed by atoms with E-state index in [9.17, 15) is 19.8 Å². The van der Waals surface area contributed by atoms with Gasteiger partial charge in [0.1, 0.15) is 6.10 Å². The van der Waals surface area contributed by atoms with Crippen molar-refractivity contribution < 1.29 is 24.5 Å². The molecule has 0 bridgehead atoms. The second kappa shape index (κ2) is 52.6. The van der Waals surface area contributed by atoms with Crippen LogP contribution < -0.4 is 5.32 Å². The van der Waals surface area contributed by atoms with Crippen LogP contribution in [0.2, 0.25) is 0 Å². The highest BCUT2D eigenvalue weighted by Crippen LogP contribution is 2.19. The van der Waals surface area contributed by atoms with Crippen molar-refractivity contribution in [1.29, 1.82) is 0 Å². The molecule has 3 N–H and O–H groups in total. The lowest BCUT2D eigenvalue weighted by atomic mass is 10.0. The van der Waals surface area contributed by atoms with E-state index in [1.165, 1.54) is 218 Å². The molecule has 1 amide bonds. The Kier molecular flexibility index (Phi) is 51.4. The Morgan fingerprint density at radius 3 is 1.12 bits per heavy atom. The highest BCUT2D eigenvalue weighted by Gasteiger charge is 2.24. The zero-order valence-electron chi connectivity index (χ0n) is 43.4. The first kappa shape index (κ1) is 62.6. The summed E-state index contributed by atoms with van der Waals surface area (Å²) in [6.07, 6.45) is 60.0. The lowest BCUT2D eigenvalue weighted by Crippen LogP contribution is -2.46. The van der Waals surface area contributed by atoms with Crippen LogP contribution in [0.15, 0.2) is 12.2 Å². The van der Waals surface area contributed by atoms with Crippen molar-refractivity contribution in [3.8, 4) is 0 Å². The van der Waals surface area contributed by atoms with Crippen LogP contribution in [-0.2, 0) is 14.3 Å². The Morgan fingerprint density at radius 1 is 0.438 bits per heavy atom. The third kappa shape index (κ3) is 47.1. The summed E-state index contributed by atoms with van der Waals surface area (Å²) >= 11 is 0. The molecule has 64 heavy (non-hydrogen) atoms. The molecular weight excluding hydrogens is 791 g/mol. The number of hydrogen-bond acceptors (Lipinski definition) is 5. The summed E-state index contributed by atoms with van der Waals surface area (Å²) in [4.78, 5) is 26.2. The third-order valence-electron chi connectivity index (χ3n) is 13.6. The normalized spacial score (nSPS) is 13.1. The molecule has 6 heteroatoms. The van der Waals surface area contributed by atoms with Gasteiger partial charge in [-0.05, 0) is 51.4 Å². The lowest BCUT2D eigenvalue weighted by Gasteiger charge is -2.24. The molecule has 0 rings (SSSR count). The van der Waals surface area contributed by atoms with Gasteiger partial charge in [0, 0.05) is 6.42 Å². The Labute approximate surface area is 399 Å². The van der Waals surface area contributed by atoms with Crippen LogP contribution in [0.3, 0.4) is 0 Å². The van der Waals surface area contributed by atoms with Crippen LogP contribution in [-0.4, -0.2) is 46.9 Å². The van der Waals surface area contributed by atoms with E-state index in [4.69, 9.17) is 4.74 Å². The molecule has 0 spiro atoms. The first-order valence-corrected chi connectivity index (χ1v) is 28.9. The molecule has 0 heterocycles. The number of rotatable bonds is 53. The summed E-state index contributed by atoms with van der Waals surface area (Å²) < 4.78 is 5.96. The van der Waals surface area contributed by atoms with Crippen molar-refractivity contribution in [2.24, 2.45) is 0 Å². The van der Waals surface area contributed by atoms with Crippen molar-refractivity contribution in [2.75, 3.05) is 6.61 Å². The summed E-state index contributed by atoms with van der Waals surface area (Å²) in [5.41, 5.74) is 0. The van der Waals surface area contributed by atoms with Gasteiger partial charge >= 0.3 is 5.97 Å². The maximum Gasteiger partial charge on any atom is 0.306 e. The Morgan fingerprint density at radius 2 is 0.750 bits per heavy atom. The van der Waals surface area contributed by atoms with Gasteiger partial charge in [-0.15, -0.1) is 0 Å². The summed E-state index contributed by atoms with van der Waals surface area (Å²) in [5.74, 6) is -0.466. The smallest absolute Gasteiger partial charge is 0.306 e. The molecule has 0 aromatic heterocycles. The molecule has 0 aliphatic carbocycles. The minimum atomic E-state index is -0.786. The number of aliphatic hydroxyl groups is 2. The van der Waals surface area contributed by atoms with Gasteiger partial charge in [0.15, 0.2) is 0 Å². The Hall–Kier alpha value is -1.40. The van der Waals surface area contributed by atoms with Crippen molar-refractivity contribution >= 4 is 11.9 Å². The standard InChI is InChI=1S/C58H113NO5/c1-4-7-10-13-16-19-22-24-26-28-29-31-33-36-39-42-45-48-51-58(63)64-54(49-46-43-40-37-35-32-30-27-25-23-20-17-14-11-8-5-2)52-57(62)59-55(53-60)56(61)50-47-44-41-38-34-21-18-15-12-9-6-3/h32,35,54-56,60-61H,4-31,33-34,36-53H2,1-3H3,(H,59,62)/b35-32+. The van der Waals surface area contributed by atoms with Crippen LogP contribution in [0.5, 0.6) is 0 Å². The number of unbranched alkanes of at least 4 members (excludes halogenated alkanes) is 39. The quantitative estimate of drug-likeness (QED) is 0.0321. The second-order valence-electron chi connectivity index (χ2n) is 20.1. The van der Waals surface area contributed by atoms with Gasteiger partial charge in [0.2, 0.25) is 5.91 Å². The van der Waals surface area contributed by atoms with Gasteiger partial charge in [-0.2, -0.15) is 0 Å². The molecule has 0 fully saturated rings. The van der Waals surface area contributed by atoms with Crippen LogP contribution in [0.4, 0.5) is 0 Å². The number of carbonyl (C=O) groups excluding carboxylic acids is 2. The van der Waals surface area contributed by atoms with Gasteiger partial charge in [0.25, 0.3) is 0 Å².